The number of hydrogen-bond donors (Lipinski definition) is 3. The van der Waals surface area contributed by atoms with Crippen LogP contribution in [-0.4, -0.2) is 28.8 Å². The molecule has 4 nitrogen and oxygen atoms in total. The van der Waals surface area contributed by atoms with E-state index in [1.807, 2.05) is 6.92 Å². The van der Waals surface area contributed by atoms with Gasteiger partial charge in [-0.2, -0.15) is 12.6 Å². The number of rotatable bonds is 13. The largest absolute Gasteiger partial charge is 0.480 e. The first-order valence-corrected chi connectivity index (χ1v) is 10.5. The van der Waals surface area contributed by atoms with Crippen LogP contribution < -0.4 is 5.32 Å². The fraction of sp³-hybridized carbons (Fsp3) is 0.565. The molecule has 0 aromatic heterocycles. The molecule has 0 aromatic rings. The summed E-state index contributed by atoms with van der Waals surface area (Å²) in [6, 6.07) is -0.958. The zero-order valence-electron chi connectivity index (χ0n) is 18.0. The Morgan fingerprint density at radius 3 is 1.75 bits per heavy atom. The van der Waals surface area contributed by atoms with Crippen LogP contribution in [0.5, 0.6) is 0 Å². The molecular weight excluding hydrogens is 370 g/mol. The highest BCUT2D eigenvalue weighted by Crippen LogP contribution is 2.13. The minimum Gasteiger partial charge on any atom is -0.480 e. The molecule has 0 saturated carbocycles. The molecule has 0 heterocycles. The third-order valence-corrected chi connectivity index (χ3v) is 4.69. The number of thiol groups is 1. The highest BCUT2D eigenvalue weighted by Gasteiger charge is 2.16. The first-order chi connectivity index (χ1) is 13.1. The Bertz CT molecular complexity index is 626. The Hall–Kier alpha value is -1.75. The van der Waals surface area contributed by atoms with E-state index in [9.17, 15) is 9.59 Å². The molecule has 1 atom stereocenters. The molecule has 0 saturated heterocycles. The number of carbonyl (C=O) groups excluding carboxylic acids is 1. The number of nitrogens with one attached hydrogen (secondary N) is 1. The maximum atomic E-state index is 11.8. The quantitative estimate of drug-likeness (QED) is 0.210. The number of amides is 1. The second kappa shape index (κ2) is 15.2. The van der Waals surface area contributed by atoms with Crippen LogP contribution in [-0.2, 0) is 9.59 Å². The summed E-state index contributed by atoms with van der Waals surface area (Å²) in [6.45, 7) is 10.5. The Morgan fingerprint density at radius 2 is 1.32 bits per heavy atom. The van der Waals surface area contributed by atoms with Gasteiger partial charge in [-0.25, -0.2) is 4.79 Å². The zero-order valence-corrected chi connectivity index (χ0v) is 18.9. The van der Waals surface area contributed by atoms with Crippen molar-refractivity contribution in [1.29, 1.82) is 0 Å². The fourth-order valence-electron chi connectivity index (χ4n) is 2.58. The van der Waals surface area contributed by atoms with Crippen molar-refractivity contribution < 1.29 is 14.7 Å². The number of carboxylic acid groups (broad SMARTS) is 1. The van der Waals surface area contributed by atoms with Crippen LogP contribution in [0.25, 0.3) is 0 Å². The highest BCUT2D eigenvalue weighted by molar-refractivity contribution is 7.80. The molecule has 1 amide bonds. The van der Waals surface area contributed by atoms with Gasteiger partial charge in [0.05, 0.1) is 0 Å². The second-order valence-corrected chi connectivity index (χ2v) is 7.94. The van der Waals surface area contributed by atoms with Crippen molar-refractivity contribution in [2.75, 3.05) is 5.75 Å². The van der Waals surface area contributed by atoms with Gasteiger partial charge in [-0.05, 0) is 73.1 Å². The summed E-state index contributed by atoms with van der Waals surface area (Å²) in [7, 11) is 0. The normalized spacial score (nSPS) is 13.9. The molecule has 5 heteroatoms. The van der Waals surface area contributed by atoms with Gasteiger partial charge in [0, 0.05) is 11.8 Å². The van der Waals surface area contributed by atoms with Gasteiger partial charge in [0.2, 0.25) is 5.91 Å². The van der Waals surface area contributed by atoms with Gasteiger partial charge < -0.3 is 10.4 Å². The zero-order chi connectivity index (χ0) is 21.5. The predicted molar refractivity (Wildman–Crippen MR) is 122 cm³/mol. The van der Waals surface area contributed by atoms with Crippen LogP contribution in [0.1, 0.15) is 73.1 Å². The first-order valence-electron chi connectivity index (χ1n) is 9.91. The monoisotopic (exact) mass is 407 g/mol. The number of carbonyl (C=O) groups is 2. The molecule has 0 spiro atoms. The summed E-state index contributed by atoms with van der Waals surface area (Å²) in [6.07, 6.45) is 14.3. The van der Waals surface area contributed by atoms with Gasteiger partial charge in [-0.3, -0.25) is 4.79 Å². The van der Waals surface area contributed by atoms with E-state index in [4.69, 9.17) is 5.11 Å². The van der Waals surface area contributed by atoms with E-state index >= 15 is 0 Å². The highest BCUT2D eigenvalue weighted by atomic mass is 32.1. The molecule has 2 N–H and O–H groups in total. The van der Waals surface area contributed by atoms with Gasteiger partial charge in [0.1, 0.15) is 6.04 Å². The van der Waals surface area contributed by atoms with Gasteiger partial charge in [-0.15, -0.1) is 0 Å². The lowest BCUT2D eigenvalue weighted by molar-refractivity contribution is -0.140. The van der Waals surface area contributed by atoms with E-state index in [0.29, 0.717) is 0 Å². The number of aliphatic carboxylic acids is 1. The molecule has 0 aliphatic heterocycles. The molecule has 0 bridgehead atoms. The molecule has 0 unspecified atom stereocenters. The molecule has 0 aromatic carbocycles. The third-order valence-electron chi connectivity index (χ3n) is 4.33. The molecule has 0 radical (unpaired) electrons. The Balaban J connectivity index is 4.26. The lowest BCUT2D eigenvalue weighted by Gasteiger charge is -2.10. The van der Waals surface area contributed by atoms with E-state index in [0.717, 1.165) is 44.1 Å². The lowest BCUT2D eigenvalue weighted by atomic mass is 10.0. The molecule has 0 aliphatic carbocycles. The van der Waals surface area contributed by atoms with Crippen molar-refractivity contribution in [2.24, 2.45) is 0 Å². The summed E-state index contributed by atoms with van der Waals surface area (Å²) in [5.74, 6) is -1.39. The van der Waals surface area contributed by atoms with E-state index in [-0.39, 0.29) is 11.7 Å². The van der Waals surface area contributed by atoms with Crippen molar-refractivity contribution in [3.05, 3.63) is 46.6 Å². The Morgan fingerprint density at radius 1 is 0.857 bits per heavy atom. The minimum atomic E-state index is -1.07. The van der Waals surface area contributed by atoms with Crippen molar-refractivity contribution in [2.45, 2.75) is 79.2 Å². The van der Waals surface area contributed by atoms with Crippen LogP contribution in [0.2, 0.25) is 0 Å². The van der Waals surface area contributed by atoms with Crippen molar-refractivity contribution in [3.63, 3.8) is 0 Å². The standard InChI is InChI=1S/C23H37NO3S/c1-17(2)9-6-10-18(3)11-7-12-19(4)13-8-14-20(5)15-22(25)24-21(16-28)23(26)27/h9,11,13,15,21,28H,6-8,10,12,14,16H2,1-5H3,(H,24,25)(H,26,27)/t21-/m0/s1. The Labute approximate surface area is 176 Å². The summed E-state index contributed by atoms with van der Waals surface area (Å²) >= 11 is 3.93. The van der Waals surface area contributed by atoms with Gasteiger partial charge in [0.25, 0.3) is 0 Å². The SMILES string of the molecule is CC(C)=CCCC(C)=CCCC(C)=CCCC(C)=CC(=O)N[C@@H](CS)C(=O)O. The lowest BCUT2D eigenvalue weighted by Crippen LogP contribution is -2.41. The molecular formula is C23H37NO3S. The summed E-state index contributed by atoms with van der Waals surface area (Å²) in [4.78, 5) is 22.7. The maximum absolute atomic E-state index is 11.8. The molecule has 0 fully saturated rings. The van der Waals surface area contributed by atoms with Crippen molar-refractivity contribution >= 4 is 24.5 Å². The number of allylic oxidation sites excluding steroid dienone is 7. The molecule has 28 heavy (non-hydrogen) atoms. The van der Waals surface area contributed by atoms with Crippen LogP contribution in [0.3, 0.4) is 0 Å². The summed E-state index contributed by atoms with van der Waals surface area (Å²) < 4.78 is 0. The minimum absolute atomic E-state index is 0.0682. The average molecular weight is 408 g/mol. The van der Waals surface area contributed by atoms with Crippen molar-refractivity contribution in [3.8, 4) is 0 Å². The average Bonchev–Trinajstić information content (AvgIpc) is 2.58. The van der Waals surface area contributed by atoms with E-state index in [1.165, 1.54) is 22.8 Å². The predicted octanol–water partition coefficient (Wildman–Crippen LogP) is 5.63. The number of hydrogen-bond acceptors (Lipinski definition) is 3. The van der Waals surface area contributed by atoms with E-state index in [1.54, 1.807) is 0 Å². The van der Waals surface area contributed by atoms with E-state index in [2.05, 4.69) is 63.9 Å². The van der Waals surface area contributed by atoms with Gasteiger partial charge >= 0.3 is 5.97 Å². The van der Waals surface area contributed by atoms with Gasteiger partial charge in [-0.1, -0.05) is 40.5 Å². The topological polar surface area (TPSA) is 66.4 Å². The van der Waals surface area contributed by atoms with Crippen LogP contribution >= 0.6 is 12.6 Å². The Kier molecular flexibility index (Phi) is 14.3. The smallest absolute Gasteiger partial charge is 0.327 e. The third kappa shape index (κ3) is 14.3. The van der Waals surface area contributed by atoms with Crippen LogP contribution in [0.15, 0.2) is 46.6 Å². The van der Waals surface area contributed by atoms with Crippen LogP contribution in [0, 0.1) is 0 Å². The molecule has 0 rings (SSSR count). The molecule has 0 aliphatic rings. The van der Waals surface area contributed by atoms with E-state index < -0.39 is 12.0 Å². The van der Waals surface area contributed by atoms with Crippen LogP contribution in [0.4, 0.5) is 0 Å². The summed E-state index contributed by atoms with van der Waals surface area (Å²) in [5.41, 5.74) is 5.10. The summed E-state index contributed by atoms with van der Waals surface area (Å²) in [5, 5.41) is 11.4. The number of carboxylic acids is 1. The fourth-order valence-corrected chi connectivity index (χ4v) is 2.83. The second-order valence-electron chi connectivity index (χ2n) is 7.57. The molecule has 158 valence electrons. The maximum Gasteiger partial charge on any atom is 0.327 e. The van der Waals surface area contributed by atoms with Gasteiger partial charge in [0.15, 0.2) is 0 Å². The first kappa shape index (κ1) is 26.2. The van der Waals surface area contributed by atoms with Crippen molar-refractivity contribution in [1.82, 2.24) is 5.32 Å².